The van der Waals surface area contributed by atoms with Gasteiger partial charge >= 0.3 is 0 Å². The van der Waals surface area contributed by atoms with Crippen molar-refractivity contribution >= 4 is 0 Å². The molecule has 0 aromatic carbocycles. The van der Waals surface area contributed by atoms with Gasteiger partial charge in [0, 0.05) is 18.3 Å². The largest absolute Gasteiger partial charge is 0.393 e. The van der Waals surface area contributed by atoms with Crippen LogP contribution in [0.1, 0.15) is 51.4 Å². The molecule has 0 aromatic rings. The molecule has 4 aliphatic carbocycles. The Morgan fingerprint density at radius 1 is 0.842 bits per heavy atom. The van der Waals surface area contributed by atoms with Crippen molar-refractivity contribution in [2.45, 2.75) is 74.8 Å². The molecule has 4 N–H and O–H groups in total. The molecule has 0 saturated heterocycles. The SMILES string of the molecule is O[C@H]1C[C@@]2(O)C3C[C@@H]4CCCCC42[C@](O)(C1)[C@@H](O)C3. The van der Waals surface area contributed by atoms with Gasteiger partial charge in [0.1, 0.15) is 5.60 Å². The molecule has 4 heteroatoms. The third kappa shape index (κ3) is 1.17. The van der Waals surface area contributed by atoms with E-state index in [9.17, 15) is 20.4 Å². The molecule has 4 saturated carbocycles. The quantitative estimate of drug-likeness (QED) is 0.517. The van der Waals surface area contributed by atoms with Gasteiger partial charge in [-0.15, -0.1) is 0 Å². The smallest absolute Gasteiger partial charge is 0.102 e. The van der Waals surface area contributed by atoms with E-state index in [0.717, 1.165) is 32.1 Å². The molecule has 2 unspecified atom stereocenters. The second kappa shape index (κ2) is 3.53. The first-order valence-corrected chi connectivity index (χ1v) is 7.75. The second-order valence-electron chi connectivity index (χ2n) is 7.51. The number of aliphatic hydroxyl groups is 4. The average molecular weight is 268 g/mol. The highest BCUT2D eigenvalue weighted by atomic mass is 16.4. The van der Waals surface area contributed by atoms with Crippen LogP contribution in [-0.2, 0) is 0 Å². The maximum absolute atomic E-state index is 11.3. The Morgan fingerprint density at radius 2 is 1.58 bits per heavy atom. The predicted molar refractivity (Wildman–Crippen MR) is 68.3 cm³/mol. The lowest BCUT2D eigenvalue weighted by Gasteiger charge is -2.66. The van der Waals surface area contributed by atoms with Crippen LogP contribution in [0.5, 0.6) is 0 Å². The molecule has 0 aliphatic heterocycles. The fourth-order valence-corrected chi connectivity index (χ4v) is 6.49. The molecule has 0 heterocycles. The van der Waals surface area contributed by atoms with Crippen LogP contribution in [0.3, 0.4) is 0 Å². The van der Waals surface area contributed by atoms with Gasteiger partial charge in [-0.05, 0) is 37.5 Å². The van der Waals surface area contributed by atoms with Crippen molar-refractivity contribution in [1.82, 2.24) is 0 Å². The van der Waals surface area contributed by atoms with Crippen molar-refractivity contribution in [3.63, 3.8) is 0 Å². The standard InChI is InChI=1S/C15H24O4/c16-11-7-14(18)10-5-9-3-1-2-4-13(9,14)15(19,8-11)12(17)6-10/h9-12,16-19H,1-8H2/t9-,10?,11-,12-,13?,14+,15-/m0/s1. The molecular weight excluding hydrogens is 244 g/mol. The highest BCUT2D eigenvalue weighted by Crippen LogP contribution is 2.73. The van der Waals surface area contributed by atoms with E-state index >= 15 is 0 Å². The molecule has 0 aromatic heterocycles. The minimum Gasteiger partial charge on any atom is -0.393 e. The molecule has 108 valence electrons. The zero-order chi connectivity index (χ0) is 13.5. The predicted octanol–water partition coefficient (Wildman–Crippen LogP) is 0.564. The van der Waals surface area contributed by atoms with Gasteiger partial charge in [0.15, 0.2) is 0 Å². The lowest BCUT2D eigenvalue weighted by atomic mass is 9.44. The van der Waals surface area contributed by atoms with Crippen LogP contribution in [0.4, 0.5) is 0 Å². The monoisotopic (exact) mass is 268 g/mol. The Kier molecular flexibility index (Phi) is 2.34. The molecule has 4 rings (SSSR count). The Hall–Kier alpha value is -0.160. The summed E-state index contributed by atoms with van der Waals surface area (Å²) < 4.78 is 0. The van der Waals surface area contributed by atoms with Crippen molar-refractivity contribution in [1.29, 1.82) is 0 Å². The van der Waals surface area contributed by atoms with Crippen LogP contribution in [0, 0.1) is 17.3 Å². The lowest BCUT2D eigenvalue weighted by molar-refractivity contribution is -0.316. The Bertz CT molecular complexity index is 413. The van der Waals surface area contributed by atoms with Gasteiger partial charge in [-0.1, -0.05) is 12.8 Å². The number of hydrogen-bond acceptors (Lipinski definition) is 4. The van der Waals surface area contributed by atoms with Crippen LogP contribution < -0.4 is 0 Å². The summed E-state index contributed by atoms with van der Waals surface area (Å²) in [7, 11) is 0. The fraction of sp³-hybridized carbons (Fsp3) is 1.00. The first kappa shape index (κ1) is 12.6. The highest BCUT2D eigenvalue weighted by Gasteiger charge is 2.78. The van der Waals surface area contributed by atoms with Crippen LogP contribution in [-0.4, -0.2) is 43.8 Å². The fourth-order valence-electron chi connectivity index (χ4n) is 6.49. The zero-order valence-electron chi connectivity index (χ0n) is 11.3. The molecule has 4 aliphatic rings. The maximum Gasteiger partial charge on any atom is 0.102 e. The lowest BCUT2D eigenvalue weighted by Crippen LogP contribution is -2.75. The van der Waals surface area contributed by atoms with Gasteiger partial charge in [0.2, 0.25) is 0 Å². The first-order chi connectivity index (χ1) is 8.94. The summed E-state index contributed by atoms with van der Waals surface area (Å²) in [6, 6.07) is 0. The summed E-state index contributed by atoms with van der Waals surface area (Å²) in [5.74, 6) is 0.353. The highest BCUT2D eigenvalue weighted by molar-refractivity contribution is 5.28. The van der Waals surface area contributed by atoms with E-state index in [1.165, 1.54) is 0 Å². The topological polar surface area (TPSA) is 80.9 Å². The van der Waals surface area contributed by atoms with Gasteiger partial charge in [0.05, 0.1) is 17.8 Å². The van der Waals surface area contributed by atoms with Crippen LogP contribution in [0.15, 0.2) is 0 Å². The summed E-state index contributed by atoms with van der Waals surface area (Å²) in [5.41, 5.74) is -2.83. The van der Waals surface area contributed by atoms with E-state index in [4.69, 9.17) is 0 Å². The summed E-state index contributed by atoms with van der Waals surface area (Å²) >= 11 is 0. The molecule has 4 bridgehead atoms. The Balaban J connectivity index is 1.92. The number of rotatable bonds is 0. The molecule has 1 spiro atoms. The first-order valence-electron chi connectivity index (χ1n) is 7.75. The van der Waals surface area contributed by atoms with Gasteiger partial charge in [-0.2, -0.15) is 0 Å². The van der Waals surface area contributed by atoms with E-state index in [2.05, 4.69) is 0 Å². The van der Waals surface area contributed by atoms with Crippen LogP contribution in [0.25, 0.3) is 0 Å². The van der Waals surface area contributed by atoms with E-state index in [1.807, 2.05) is 0 Å². The van der Waals surface area contributed by atoms with E-state index in [-0.39, 0.29) is 12.3 Å². The van der Waals surface area contributed by atoms with Crippen LogP contribution >= 0.6 is 0 Å². The van der Waals surface area contributed by atoms with Crippen molar-refractivity contribution in [3.05, 3.63) is 0 Å². The third-order valence-corrected chi connectivity index (χ3v) is 7.01. The van der Waals surface area contributed by atoms with Gasteiger partial charge in [-0.25, -0.2) is 0 Å². The van der Waals surface area contributed by atoms with E-state index in [0.29, 0.717) is 18.8 Å². The molecule has 19 heavy (non-hydrogen) atoms. The summed E-state index contributed by atoms with van der Waals surface area (Å²) in [4.78, 5) is 0. The molecule has 0 amide bonds. The maximum atomic E-state index is 11.3. The molecule has 7 atom stereocenters. The van der Waals surface area contributed by atoms with Gasteiger partial charge < -0.3 is 20.4 Å². The summed E-state index contributed by atoms with van der Waals surface area (Å²) in [5, 5.41) is 43.1. The molecule has 0 radical (unpaired) electrons. The molecule has 4 nitrogen and oxygen atoms in total. The van der Waals surface area contributed by atoms with Gasteiger partial charge in [0.25, 0.3) is 0 Å². The minimum absolute atomic E-state index is 0.0424. The Labute approximate surface area is 113 Å². The minimum atomic E-state index is -1.29. The second-order valence-corrected chi connectivity index (χ2v) is 7.51. The summed E-state index contributed by atoms with van der Waals surface area (Å²) in [6.45, 7) is 0. The van der Waals surface area contributed by atoms with Crippen molar-refractivity contribution in [3.8, 4) is 0 Å². The van der Waals surface area contributed by atoms with Crippen molar-refractivity contribution < 1.29 is 20.4 Å². The normalized spacial score (nSPS) is 63.8. The summed E-state index contributed by atoms with van der Waals surface area (Å²) in [6.07, 6.45) is 4.51. The van der Waals surface area contributed by atoms with Crippen molar-refractivity contribution in [2.24, 2.45) is 17.3 Å². The number of hydrogen-bond donors (Lipinski definition) is 4. The third-order valence-electron chi connectivity index (χ3n) is 7.01. The van der Waals surface area contributed by atoms with Crippen molar-refractivity contribution in [2.75, 3.05) is 0 Å². The van der Waals surface area contributed by atoms with E-state index < -0.39 is 28.8 Å². The zero-order valence-corrected chi connectivity index (χ0v) is 11.3. The molecule has 4 fully saturated rings. The molecular formula is C15H24O4. The Morgan fingerprint density at radius 3 is 2.37 bits per heavy atom. The average Bonchev–Trinajstić information content (AvgIpc) is 2.53. The van der Waals surface area contributed by atoms with Crippen LogP contribution in [0.2, 0.25) is 0 Å². The van der Waals surface area contributed by atoms with Gasteiger partial charge in [-0.3, -0.25) is 0 Å². The van der Waals surface area contributed by atoms with E-state index in [1.54, 1.807) is 0 Å². The number of aliphatic hydroxyl groups excluding tert-OH is 2.